The lowest BCUT2D eigenvalue weighted by Crippen LogP contribution is -2.46. The zero-order valence-electron chi connectivity index (χ0n) is 28.0. The van der Waals surface area contributed by atoms with Crippen molar-refractivity contribution in [2.45, 2.75) is 103 Å². The number of amides is 1. The molecule has 2 aliphatic heterocycles. The van der Waals surface area contributed by atoms with Gasteiger partial charge in [-0.05, 0) is 66.0 Å². The summed E-state index contributed by atoms with van der Waals surface area (Å²) in [5.74, 6) is 0.211. The number of para-hydroxylation sites is 1. The molecule has 1 amide bonds. The maximum Gasteiger partial charge on any atom is 0.230 e. The molecule has 8 heteroatoms. The molecular formula is C38H53NO7. The number of carbonyl (C=O) groups is 1. The molecule has 2 aliphatic rings. The molecule has 3 aromatic carbocycles. The van der Waals surface area contributed by atoms with Gasteiger partial charge < -0.3 is 35.2 Å². The van der Waals surface area contributed by atoms with E-state index in [1.807, 2.05) is 66.7 Å². The second kappa shape index (κ2) is 17.6. The number of hydrogen-bond acceptors (Lipinski definition) is 7. The van der Waals surface area contributed by atoms with Crippen molar-refractivity contribution < 1.29 is 35.1 Å². The highest BCUT2D eigenvalue weighted by Gasteiger charge is 2.39. The molecule has 2 heterocycles. The molecule has 0 radical (unpaired) electrons. The van der Waals surface area contributed by atoms with Crippen LogP contribution < -0.4 is 4.90 Å². The first-order valence-corrected chi connectivity index (χ1v) is 16.6. The van der Waals surface area contributed by atoms with E-state index in [4.69, 9.17) is 9.84 Å². The number of β-lactam (4-membered cyclic amide) rings is 1. The molecule has 5 rings (SSSR count). The van der Waals surface area contributed by atoms with Crippen LogP contribution in [-0.4, -0.2) is 63.5 Å². The van der Waals surface area contributed by atoms with E-state index in [-0.39, 0.29) is 48.0 Å². The highest BCUT2D eigenvalue weighted by molar-refractivity contribution is 6.01. The first-order valence-electron chi connectivity index (χ1n) is 16.6. The van der Waals surface area contributed by atoms with Crippen LogP contribution in [0.3, 0.4) is 0 Å². The first kappa shape index (κ1) is 37.2. The predicted molar refractivity (Wildman–Crippen MR) is 183 cm³/mol. The highest BCUT2D eigenvalue weighted by Crippen LogP contribution is 2.43. The van der Waals surface area contributed by atoms with Crippen molar-refractivity contribution in [1.29, 1.82) is 0 Å². The van der Waals surface area contributed by atoms with Gasteiger partial charge in [-0.25, -0.2) is 0 Å². The fraction of sp³-hybridized carbons (Fsp3) is 0.500. The van der Waals surface area contributed by atoms with E-state index in [0.717, 1.165) is 60.7 Å². The summed E-state index contributed by atoms with van der Waals surface area (Å²) in [4.78, 5) is 14.0. The van der Waals surface area contributed by atoms with Gasteiger partial charge in [-0.1, -0.05) is 82.3 Å². The molecule has 3 aromatic rings. The maximum absolute atomic E-state index is 12.2. The molecule has 5 unspecified atom stereocenters. The van der Waals surface area contributed by atoms with Gasteiger partial charge in [-0.3, -0.25) is 4.79 Å². The topological polar surface area (TPSA) is 131 Å². The number of hydrogen-bond donors (Lipinski definition) is 5. The molecule has 0 spiro atoms. The standard InChI is InChI=1S/C27H27NO5.C10H22O.CH4O/c29-16-22-13-21(30)14-26(33-22)18-8-6-17(7-9-18)19-10-11-23(25(31)12-19)24-15-27(32)28(24)20-4-2-1-3-5-20;1-5-9(11)10(6-2,7-3)8-4;1-2/h1-12,21-22,24,26,29-31H,13-16H2;9,11H,5-8H2,1-4H3;2H,1H3. The number of aliphatic hydroxyl groups is 4. The van der Waals surface area contributed by atoms with E-state index in [9.17, 15) is 25.2 Å². The lowest BCUT2D eigenvalue weighted by Gasteiger charge is -2.41. The van der Waals surface area contributed by atoms with Crippen LogP contribution in [0.4, 0.5) is 5.69 Å². The summed E-state index contributed by atoms with van der Waals surface area (Å²) in [6.45, 7) is 8.47. The quantitative estimate of drug-likeness (QED) is 0.157. The fourth-order valence-electron chi connectivity index (χ4n) is 6.69. The van der Waals surface area contributed by atoms with Crippen LogP contribution in [0.2, 0.25) is 0 Å². The molecule has 2 saturated heterocycles. The first-order chi connectivity index (χ1) is 22.2. The van der Waals surface area contributed by atoms with Crippen LogP contribution >= 0.6 is 0 Å². The van der Waals surface area contributed by atoms with Crippen molar-refractivity contribution in [3.05, 3.63) is 83.9 Å². The van der Waals surface area contributed by atoms with Crippen LogP contribution in [0.25, 0.3) is 11.1 Å². The molecule has 8 nitrogen and oxygen atoms in total. The van der Waals surface area contributed by atoms with E-state index >= 15 is 0 Å². The zero-order chi connectivity index (χ0) is 33.9. The summed E-state index contributed by atoms with van der Waals surface area (Å²) in [5.41, 5.74) is 4.52. The smallest absolute Gasteiger partial charge is 0.230 e. The highest BCUT2D eigenvalue weighted by atomic mass is 16.5. The second-order valence-corrected chi connectivity index (χ2v) is 12.1. The number of aromatic hydroxyl groups is 1. The third kappa shape index (κ3) is 8.55. The van der Waals surface area contributed by atoms with Crippen molar-refractivity contribution in [3.8, 4) is 16.9 Å². The number of ether oxygens (including phenoxy) is 1. The number of nitrogens with zero attached hydrogens (tertiary/aromatic N) is 1. The van der Waals surface area contributed by atoms with Crippen molar-refractivity contribution >= 4 is 11.6 Å². The van der Waals surface area contributed by atoms with E-state index in [1.165, 1.54) is 0 Å². The Hall–Kier alpha value is -3.27. The van der Waals surface area contributed by atoms with Gasteiger partial charge in [-0.15, -0.1) is 0 Å². The molecule has 46 heavy (non-hydrogen) atoms. The Morgan fingerprint density at radius 3 is 2.00 bits per heavy atom. The number of phenols is 1. The van der Waals surface area contributed by atoms with Crippen molar-refractivity contribution in [1.82, 2.24) is 0 Å². The molecule has 2 fully saturated rings. The number of aliphatic hydroxyl groups excluding tert-OH is 4. The Labute approximate surface area is 274 Å². The molecule has 252 valence electrons. The van der Waals surface area contributed by atoms with Crippen LogP contribution in [0, 0.1) is 5.41 Å². The van der Waals surface area contributed by atoms with Gasteiger partial charge in [0.15, 0.2) is 0 Å². The van der Waals surface area contributed by atoms with Gasteiger partial charge in [0.2, 0.25) is 5.91 Å². The van der Waals surface area contributed by atoms with Crippen LogP contribution in [0.5, 0.6) is 5.75 Å². The summed E-state index contributed by atoms with van der Waals surface area (Å²) in [7, 11) is 1.00. The van der Waals surface area contributed by atoms with Gasteiger partial charge in [0.25, 0.3) is 0 Å². The minimum absolute atomic E-state index is 0.0451. The number of carbonyl (C=O) groups excluding carboxylic acids is 1. The molecule has 0 aromatic heterocycles. The van der Waals surface area contributed by atoms with Gasteiger partial charge in [0, 0.05) is 31.2 Å². The van der Waals surface area contributed by atoms with Gasteiger partial charge in [0.05, 0.1) is 43.5 Å². The zero-order valence-corrected chi connectivity index (χ0v) is 28.0. The van der Waals surface area contributed by atoms with E-state index in [2.05, 4.69) is 27.7 Å². The Bertz CT molecular complexity index is 1330. The SMILES string of the molecule is CCC(O)C(CC)(CC)CC.CO.O=C1CC(c2ccc(-c3ccc(C4CC(O)CC(CO)O4)cc3)cc2O)N1c1ccccc1. The molecule has 5 N–H and O–H groups in total. The maximum atomic E-state index is 12.2. The third-order valence-electron chi connectivity index (χ3n) is 9.78. The summed E-state index contributed by atoms with van der Waals surface area (Å²) in [6.07, 6.45) is 4.29. The summed E-state index contributed by atoms with van der Waals surface area (Å²) in [5, 5.41) is 47.0. The fourth-order valence-corrected chi connectivity index (χ4v) is 6.69. The number of rotatable bonds is 10. The van der Waals surface area contributed by atoms with Crippen molar-refractivity contribution in [3.63, 3.8) is 0 Å². The van der Waals surface area contributed by atoms with Gasteiger partial charge in [0.1, 0.15) is 5.75 Å². The summed E-state index contributed by atoms with van der Waals surface area (Å²) < 4.78 is 5.89. The normalized spacial score (nSPS) is 21.7. The Morgan fingerprint density at radius 2 is 1.50 bits per heavy atom. The molecule has 0 saturated carbocycles. The van der Waals surface area contributed by atoms with Gasteiger partial charge >= 0.3 is 0 Å². The third-order valence-corrected chi connectivity index (χ3v) is 9.78. The Kier molecular flexibility index (Phi) is 14.2. The van der Waals surface area contributed by atoms with E-state index in [0.29, 0.717) is 19.3 Å². The molecule has 0 aliphatic carbocycles. The lowest BCUT2D eigenvalue weighted by molar-refractivity contribution is -0.124. The van der Waals surface area contributed by atoms with E-state index in [1.54, 1.807) is 11.0 Å². The monoisotopic (exact) mass is 635 g/mol. The van der Waals surface area contributed by atoms with Crippen LogP contribution in [0.15, 0.2) is 72.8 Å². The lowest BCUT2D eigenvalue weighted by atomic mass is 9.74. The average Bonchev–Trinajstić information content (AvgIpc) is 3.09. The Balaban J connectivity index is 0.000000379. The predicted octanol–water partition coefficient (Wildman–Crippen LogP) is 6.69. The van der Waals surface area contributed by atoms with Crippen molar-refractivity contribution in [2.24, 2.45) is 5.41 Å². The van der Waals surface area contributed by atoms with Gasteiger partial charge in [-0.2, -0.15) is 0 Å². The van der Waals surface area contributed by atoms with E-state index < -0.39 is 6.10 Å². The summed E-state index contributed by atoms with van der Waals surface area (Å²) in [6, 6.07) is 22.7. The minimum atomic E-state index is -0.487. The number of benzene rings is 3. The van der Waals surface area contributed by atoms with Crippen LogP contribution in [-0.2, 0) is 9.53 Å². The molecule has 5 atom stereocenters. The minimum Gasteiger partial charge on any atom is -0.508 e. The average molecular weight is 636 g/mol. The molecular weight excluding hydrogens is 582 g/mol. The summed E-state index contributed by atoms with van der Waals surface area (Å²) >= 11 is 0. The molecule has 0 bridgehead atoms. The van der Waals surface area contributed by atoms with Crippen molar-refractivity contribution in [2.75, 3.05) is 18.6 Å². The largest absolute Gasteiger partial charge is 0.508 e. The van der Waals surface area contributed by atoms with Crippen LogP contribution in [0.1, 0.15) is 95.9 Å². The number of anilines is 1. The second-order valence-electron chi connectivity index (χ2n) is 12.1. The number of phenolic OH excluding ortho intramolecular Hbond substituents is 1. The Morgan fingerprint density at radius 1 is 0.891 bits per heavy atom.